The fraction of sp³-hybridized carbons (Fsp3) is 0. The summed E-state index contributed by atoms with van der Waals surface area (Å²) in [5, 5.41) is 39.4. The molecule has 34 heavy (non-hydrogen) atoms. The zero-order valence-corrected chi connectivity index (χ0v) is 19.2. The van der Waals surface area contributed by atoms with Gasteiger partial charge in [0, 0.05) is 23.3 Å². The van der Waals surface area contributed by atoms with Gasteiger partial charge in [0.1, 0.15) is 33.0 Å². The minimum absolute atomic E-state index is 0.0410. The second-order valence-corrected chi connectivity index (χ2v) is 9.51. The Morgan fingerprint density at radius 1 is 0.471 bits per heavy atom. The molecule has 0 saturated carbocycles. The molecule has 4 aromatic carbocycles. The summed E-state index contributed by atoms with van der Waals surface area (Å²) in [5.74, 6) is 0.164. The van der Waals surface area contributed by atoms with Crippen LogP contribution in [-0.4, -0.2) is 30.4 Å². The number of rotatable bonds is 2. The van der Waals surface area contributed by atoms with Crippen LogP contribution in [0.5, 0.6) is 23.0 Å². The van der Waals surface area contributed by atoms with Crippen LogP contribution in [0.15, 0.2) is 84.9 Å². The predicted molar refractivity (Wildman–Crippen MR) is 137 cm³/mol. The van der Waals surface area contributed by atoms with Gasteiger partial charge in [0.05, 0.1) is 20.4 Å². The van der Waals surface area contributed by atoms with E-state index in [1.807, 2.05) is 48.5 Å². The zero-order chi connectivity index (χ0) is 23.7. The molecule has 0 spiro atoms. The largest absolute Gasteiger partial charge is 0.508 e. The van der Waals surface area contributed by atoms with Gasteiger partial charge >= 0.3 is 0 Å². The van der Waals surface area contributed by atoms with Crippen molar-refractivity contribution in [2.24, 2.45) is 0 Å². The Balaban J connectivity index is 0.000000142. The van der Waals surface area contributed by atoms with Crippen LogP contribution >= 0.6 is 22.7 Å². The topological polar surface area (TPSA) is 107 Å². The molecule has 168 valence electrons. The van der Waals surface area contributed by atoms with Crippen LogP contribution in [0.4, 0.5) is 0 Å². The Labute approximate surface area is 202 Å². The standard InChI is InChI=1S/2C13H9NO2S/c2*15-9-5-8(6-10(16)7-9)13-14-11-3-1-2-4-12(11)17-13/h2*1-7,15-16H. The third-order valence-corrected chi connectivity index (χ3v) is 7.06. The maximum atomic E-state index is 9.45. The van der Waals surface area contributed by atoms with E-state index in [4.69, 9.17) is 0 Å². The number of thiazole rings is 2. The van der Waals surface area contributed by atoms with Crippen molar-refractivity contribution in [2.45, 2.75) is 0 Å². The molecule has 0 atom stereocenters. The molecule has 2 aromatic heterocycles. The lowest BCUT2D eigenvalue weighted by Gasteiger charge is -1.99. The molecular weight excluding hydrogens is 468 g/mol. The minimum atomic E-state index is 0.0410. The summed E-state index contributed by atoms with van der Waals surface area (Å²) in [4.78, 5) is 8.92. The molecule has 0 unspecified atom stereocenters. The van der Waals surface area contributed by atoms with Crippen molar-refractivity contribution in [1.82, 2.24) is 9.97 Å². The normalized spacial score (nSPS) is 10.8. The first-order valence-corrected chi connectivity index (χ1v) is 11.9. The summed E-state index contributed by atoms with van der Waals surface area (Å²) in [6.07, 6.45) is 0. The highest BCUT2D eigenvalue weighted by molar-refractivity contribution is 7.22. The van der Waals surface area contributed by atoms with Crippen LogP contribution in [-0.2, 0) is 0 Å². The van der Waals surface area contributed by atoms with Gasteiger partial charge in [-0.1, -0.05) is 24.3 Å². The van der Waals surface area contributed by atoms with Gasteiger partial charge < -0.3 is 20.4 Å². The second-order valence-electron chi connectivity index (χ2n) is 7.45. The third-order valence-electron chi connectivity index (χ3n) is 4.89. The molecule has 0 amide bonds. The third kappa shape index (κ3) is 4.63. The summed E-state index contributed by atoms with van der Waals surface area (Å²) in [7, 11) is 0. The lowest BCUT2D eigenvalue weighted by atomic mass is 10.2. The number of hydrogen-bond acceptors (Lipinski definition) is 8. The van der Waals surface area contributed by atoms with E-state index in [9.17, 15) is 20.4 Å². The highest BCUT2D eigenvalue weighted by Gasteiger charge is 2.09. The van der Waals surface area contributed by atoms with Crippen molar-refractivity contribution >= 4 is 43.1 Å². The number of phenolic OH excluding ortho intramolecular Hbond substituents is 4. The lowest BCUT2D eigenvalue weighted by molar-refractivity contribution is 0.450. The highest BCUT2D eigenvalue weighted by atomic mass is 32.1. The summed E-state index contributed by atoms with van der Waals surface area (Å²) < 4.78 is 2.18. The van der Waals surface area contributed by atoms with Crippen molar-refractivity contribution in [3.8, 4) is 44.1 Å². The highest BCUT2D eigenvalue weighted by Crippen LogP contribution is 2.35. The summed E-state index contributed by atoms with van der Waals surface area (Å²) in [6, 6.07) is 24.7. The average molecular weight is 487 g/mol. The van der Waals surface area contributed by atoms with E-state index in [1.165, 1.54) is 34.8 Å². The van der Waals surface area contributed by atoms with E-state index in [1.54, 1.807) is 24.3 Å². The van der Waals surface area contributed by atoms with Crippen LogP contribution in [0.2, 0.25) is 0 Å². The average Bonchev–Trinajstić information content (AvgIpc) is 3.43. The first-order chi connectivity index (χ1) is 16.4. The Hall–Kier alpha value is -4.14. The van der Waals surface area contributed by atoms with Crippen LogP contribution in [0, 0.1) is 0 Å². The molecule has 6 aromatic rings. The van der Waals surface area contributed by atoms with Crippen LogP contribution in [0.3, 0.4) is 0 Å². The number of aromatic hydroxyl groups is 4. The number of benzene rings is 4. The summed E-state index contributed by atoms with van der Waals surface area (Å²) in [6.45, 7) is 0. The van der Waals surface area contributed by atoms with Crippen LogP contribution in [0.1, 0.15) is 0 Å². The van der Waals surface area contributed by atoms with Gasteiger partial charge in [-0.15, -0.1) is 22.7 Å². The molecule has 0 aliphatic rings. The smallest absolute Gasteiger partial charge is 0.124 e. The van der Waals surface area contributed by atoms with Crippen LogP contribution < -0.4 is 0 Å². The molecule has 6 rings (SSSR count). The van der Waals surface area contributed by atoms with Crippen molar-refractivity contribution in [1.29, 1.82) is 0 Å². The van der Waals surface area contributed by atoms with E-state index < -0.39 is 0 Å². The predicted octanol–water partition coefficient (Wildman–Crippen LogP) is 6.75. The maximum absolute atomic E-state index is 9.45. The fourth-order valence-corrected chi connectivity index (χ4v) is 5.33. The molecule has 0 saturated heterocycles. The van der Waals surface area contributed by atoms with E-state index in [2.05, 4.69) is 9.97 Å². The van der Waals surface area contributed by atoms with Gasteiger partial charge in [-0.3, -0.25) is 0 Å². The number of aromatic nitrogens is 2. The van der Waals surface area contributed by atoms with Gasteiger partial charge in [-0.2, -0.15) is 0 Å². The molecule has 4 N–H and O–H groups in total. The Morgan fingerprint density at radius 2 is 0.824 bits per heavy atom. The molecule has 8 heteroatoms. The molecule has 0 aliphatic carbocycles. The summed E-state index contributed by atoms with van der Waals surface area (Å²) in [5.41, 5.74) is 3.30. The van der Waals surface area contributed by atoms with E-state index in [-0.39, 0.29) is 23.0 Å². The van der Waals surface area contributed by atoms with Gasteiger partial charge in [0.2, 0.25) is 0 Å². The summed E-state index contributed by atoms with van der Waals surface area (Å²) >= 11 is 3.07. The number of nitrogens with zero attached hydrogens (tertiary/aromatic N) is 2. The van der Waals surface area contributed by atoms with Crippen LogP contribution in [0.25, 0.3) is 41.6 Å². The first kappa shape index (κ1) is 21.7. The SMILES string of the molecule is Oc1cc(O)cc(-c2nc3ccccc3s2)c1.Oc1cc(O)cc(-c2nc3ccccc3s2)c1. The van der Waals surface area contributed by atoms with Crippen molar-refractivity contribution < 1.29 is 20.4 Å². The quantitative estimate of drug-likeness (QED) is 0.216. The molecule has 6 nitrogen and oxygen atoms in total. The Bertz CT molecular complexity index is 1400. The monoisotopic (exact) mass is 486 g/mol. The van der Waals surface area contributed by atoms with Gasteiger partial charge in [0.25, 0.3) is 0 Å². The Morgan fingerprint density at radius 3 is 1.18 bits per heavy atom. The number of hydrogen-bond donors (Lipinski definition) is 4. The van der Waals surface area contributed by atoms with E-state index in [0.717, 1.165) is 41.6 Å². The zero-order valence-electron chi connectivity index (χ0n) is 17.6. The van der Waals surface area contributed by atoms with Crippen molar-refractivity contribution in [2.75, 3.05) is 0 Å². The second kappa shape index (κ2) is 9.01. The lowest BCUT2D eigenvalue weighted by Crippen LogP contribution is -1.76. The fourth-order valence-electron chi connectivity index (χ4n) is 3.43. The molecule has 0 fully saturated rings. The van der Waals surface area contributed by atoms with Gasteiger partial charge in [-0.25, -0.2) is 9.97 Å². The molecule has 0 bridgehead atoms. The van der Waals surface area contributed by atoms with Crippen molar-refractivity contribution in [3.05, 3.63) is 84.9 Å². The first-order valence-electron chi connectivity index (χ1n) is 10.2. The minimum Gasteiger partial charge on any atom is -0.508 e. The van der Waals surface area contributed by atoms with Gasteiger partial charge in [0.15, 0.2) is 0 Å². The van der Waals surface area contributed by atoms with Gasteiger partial charge in [-0.05, 0) is 48.5 Å². The number of phenols is 4. The molecule has 0 radical (unpaired) electrons. The van der Waals surface area contributed by atoms with E-state index in [0.29, 0.717) is 0 Å². The molecular formula is C26H18N2O4S2. The number of para-hydroxylation sites is 2. The Kier molecular flexibility index (Phi) is 5.75. The molecule has 2 heterocycles. The molecule has 0 aliphatic heterocycles. The maximum Gasteiger partial charge on any atom is 0.124 e. The number of fused-ring (bicyclic) bond motifs is 2. The van der Waals surface area contributed by atoms with Crippen molar-refractivity contribution in [3.63, 3.8) is 0 Å². The van der Waals surface area contributed by atoms with E-state index >= 15 is 0 Å².